The van der Waals surface area contributed by atoms with Gasteiger partial charge in [-0.25, -0.2) is 4.79 Å². The fourth-order valence-electron chi connectivity index (χ4n) is 2.53. The average molecular weight is 274 g/mol. The van der Waals surface area contributed by atoms with Crippen molar-refractivity contribution in [1.29, 1.82) is 0 Å². The highest BCUT2D eigenvalue weighted by Crippen LogP contribution is 2.25. The van der Waals surface area contributed by atoms with E-state index >= 15 is 0 Å². The lowest BCUT2D eigenvalue weighted by atomic mass is 9.87. The van der Waals surface area contributed by atoms with E-state index < -0.39 is 10.8 Å². The van der Waals surface area contributed by atoms with Crippen LogP contribution in [0.3, 0.4) is 0 Å². The van der Waals surface area contributed by atoms with Crippen LogP contribution in [0.4, 0.5) is 4.79 Å². The smallest absolute Gasteiger partial charge is 0.315 e. The second-order valence-electron chi connectivity index (χ2n) is 5.33. The number of amides is 2. The Morgan fingerprint density at radius 1 is 1.33 bits per heavy atom. The Balaban J connectivity index is 2.07. The third-order valence-electron chi connectivity index (χ3n) is 3.43. The fourth-order valence-corrected chi connectivity index (χ4v) is 3.32. The van der Waals surface area contributed by atoms with Crippen molar-refractivity contribution in [3.05, 3.63) is 0 Å². The zero-order chi connectivity index (χ0) is 13.4. The Morgan fingerprint density at radius 3 is 2.61 bits per heavy atom. The minimum absolute atomic E-state index is 0.0366. The molecule has 1 rings (SSSR count). The van der Waals surface area contributed by atoms with Crippen LogP contribution in [0.25, 0.3) is 0 Å². The van der Waals surface area contributed by atoms with Gasteiger partial charge >= 0.3 is 6.03 Å². The van der Waals surface area contributed by atoms with Gasteiger partial charge in [-0.05, 0) is 19.3 Å². The minimum atomic E-state index is -0.864. The summed E-state index contributed by atoms with van der Waals surface area (Å²) in [5.74, 6) is 1.30. The van der Waals surface area contributed by atoms with Crippen molar-refractivity contribution in [2.45, 2.75) is 51.5 Å². The van der Waals surface area contributed by atoms with Gasteiger partial charge in [-0.15, -0.1) is 0 Å². The standard InChI is InChI=1S/C13H26N2O2S/c1-11(10-18(2)17)15-13(16)14-9-8-12-6-4-3-5-7-12/h11-12H,3-10H2,1-2H3,(H2,14,15,16)/t11-,18-/m0/s1. The normalized spacial score (nSPS) is 20.1. The molecular formula is C13H26N2O2S. The van der Waals surface area contributed by atoms with Gasteiger partial charge in [-0.2, -0.15) is 0 Å². The fraction of sp³-hybridized carbons (Fsp3) is 0.923. The topological polar surface area (TPSA) is 58.2 Å². The summed E-state index contributed by atoms with van der Waals surface area (Å²) in [5, 5.41) is 5.69. The van der Waals surface area contributed by atoms with Gasteiger partial charge in [0.25, 0.3) is 0 Å². The second-order valence-corrected chi connectivity index (χ2v) is 6.81. The first-order valence-corrected chi connectivity index (χ1v) is 8.65. The van der Waals surface area contributed by atoms with Crippen LogP contribution >= 0.6 is 0 Å². The number of carbonyl (C=O) groups excluding carboxylic acids is 1. The number of hydrogen-bond donors (Lipinski definition) is 2. The van der Waals surface area contributed by atoms with E-state index in [-0.39, 0.29) is 12.1 Å². The van der Waals surface area contributed by atoms with E-state index in [4.69, 9.17) is 0 Å². The van der Waals surface area contributed by atoms with Crippen LogP contribution in [0.15, 0.2) is 0 Å². The van der Waals surface area contributed by atoms with E-state index in [0.717, 1.165) is 18.9 Å². The van der Waals surface area contributed by atoms with Crippen molar-refractivity contribution in [3.8, 4) is 0 Å². The summed E-state index contributed by atoms with van der Waals surface area (Å²) in [4.78, 5) is 11.6. The van der Waals surface area contributed by atoms with Gasteiger partial charge in [0.15, 0.2) is 0 Å². The lowest BCUT2D eigenvalue weighted by molar-refractivity contribution is 0.236. The van der Waals surface area contributed by atoms with E-state index in [2.05, 4.69) is 10.6 Å². The SMILES string of the molecule is C[C@@H](C[S@](C)=O)NC(=O)NCCC1CCCCC1. The molecule has 5 heteroatoms. The van der Waals surface area contributed by atoms with Gasteiger partial charge in [-0.1, -0.05) is 32.1 Å². The molecule has 4 nitrogen and oxygen atoms in total. The highest BCUT2D eigenvalue weighted by Gasteiger charge is 2.13. The summed E-state index contributed by atoms with van der Waals surface area (Å²) in [7, 11) is -0.864. The van der Waals surface area contributed by atoms with E-state index in [1.807, 2.05) is 6.92 Å². The van der Waals surface area contributed by atoms with Gasteiger partial charge in [0.2, 0.25) is 0 Å². The maximum absolute atomic E-state index is 11.6. The molecule has 1 aliphatic carbocycles. The van der Waals surface area contributed by atoms with Crippen molar-refractivity contribution in [2.75, 3.05) is 18.6 Å². The Morgan fingerprint density at radius 2 is 2.00 bits per heavy atom. The van der Waals surface area contributed by atoms with Gasteiger partial charge in [0.05, 0.1) is 0 Å². The first-order chi connectivity index (χ1) is 8.58. The Kier molecular flexibility index (Phi) is 7.32. The first kappa shape index (κ1) is 15.5. The molecule has 0 saturated heterocycles. The maximum Gasteiger partial charge on any atom is 0.315 e. The van der Waals surface area contributed by atoms with Gasteiger partial charge in [0.1, 0.15) is 0 Å². The van der Waals surface area contributed by atoms with E-state index in [9.17, 15) is 9.00 Å². The molecule has 2 N–H and O–H groups in total. The van der Waals surface area contributed by atoms with Crippen molar-refractivity contribution in [1.82, 2.24) is 10.6 Å². The molecule has 18 heavy (non-hydrogen) atoms. The molecule has 0 aromatic carbocycles. The monoisotopic (exact) mass is 274 g/mol. The van der Waals surface area contributed by atoms with Crippen LogP contribution in [0.5, 0.6) is 0 Å². The van der Waals surface area contributed by atoms with Crippen LogP contribution in [0.2, 0.25) is 0 Å². The molecule has 2 atom stereocenters. The molecule has 0 aliphatic heterocycles. The molecule has 106 valence electrons. The third kappa shape index (κ3) is 6.99. The summed E-state index contributed by atoms with van der Waals surface area (Å²) >= 11 is 0. The highest BCUT2D eigenvalue weighted by atomic mass is 32.2. The average Bonchev–Trinajstić information content (AvgIpc) is 2.29. The van der Waals surface area contributed by atoms with Crippen molar-refractivity contribution >= 4 is 16.8 Å². The maximum atomic E-state index is 11.6. The van der Waals surface area contributed by atoms with E-state index in [1.54, 1.807) is 6.26 Å². The number of carbonyl (C=O) groups is 1. The molecular weight excluding hydrogens is 248 g/mol. The summed E-state index contributed by atoms with van der Waals surface area (Å²) in [6, 6.07) is -0.172. The first-order valence-electron chi connectivity index (χ1n) is 6.92. The third-order valence-corrected chi connectivity index (χ3v) is 4.39. The number of hydrogen-bond acceptors (Lipinski definition) is 2. The van der Waals surface area contributed by atoms with Crippen molar-refractivity contribution < 1.29 is 9.00 Å². The van der Waals surface area contributed by atoms with Gasteiger partial charge in [-0.3, -0.25) is 4.21 Å². The number of rotatable bonds is 6. The number of urea groups is 1. The quantitative estimate of drug-likeness (QED) is 0.778. The van der Waals surface area contributed by atoms with Crippen molar-refractivity contribution in [3.63, 3.8) is 0 Å². The lowest BCUT2D eigenvalue weighted by Gasteiger charge is -2.21. The second kappa shape index (κ2) is 8.51. The molecule has 0 bridgehead atoms. The summed E-state index contributed by atoms with van der Waals surface area (Å²) < 4.78 is 11.0. The molecule has 0 radical (unpaired) electrons. The van der Waals surface area contributed by atoms with Crippen molar-refractivity contribution in [2.24, 2.45) is 5.92 Å². The predicted octanol–water partition coefficient (Wildman–Crippen LogP) is 2.02. The molecule has 0 unspecified atom stereocenters. The number of nitrogens with one attached hydrogen (secondary N) is 2. The lowest BCUT2D eigenvalue weighted by Crippen LogP contribution is -2.43. The Hall–Kier alpha value is -0.580. The summed E-state index contributed by atoms with van der Waals surface area (Å²) in [6.07, 6.45) is 9.42. The van der Waals surface area contributed by atoms with Gasteiger partial charge in [0, 0.05) is 35.4 Å². The molecule has 0 spiro atoms. The van der Waals surface area contributed by atoms with Crippen LogP contribution in [0.1, 0.15) is 45.4 Å². The van der Waals surface area contributed by atoms with Crippen LogP contribution in [0, 0.1) is 5.92 Å². The van der Waals surface area contributed by atoms with Crippen LogP contribution in [-0.4, -0.2) is 34.8 Å². The summed E-state index contributed by atoms with van der Waals surface area (Å²) in [6.45, 7) is 2.63. The molecule has 0 aromatic heterocycles. The molecule has 0 heterocycles. The summed E-state index contributed by atoms with van der Waals surface area (Å²) in [5.41, 5.74) is 0. The van der Waals surface area contributed by atoms with E-state index in [0.29, 0.717) is 5.75 Å². The predicted molar refractivity (Wildman–Crippen MR) is 76.1 cm³/mol. The molecule has 0 aromatic rings. The Labute approximate surface area is 113 Å². The molecule has 1 aliphatic rings. The molecule has 2 amide bonds. The molecule has 1 fully saturated rings. The zero-order valence-corrected chi connectivity index (χ0v) is 12.4. The van der Waals surface area contributed by atoms with Crippen LogP contribution in [-0.2, 0) is 10.8 Å². The Bertz CT molecular complexity index is 278. The zero-order valence-electron chi connectivity index (χ0n) is 11.5. The largest absolute Gasteiger partial charge is 0.338 e. The van der Waals surface area contributed by atoms with Gasteiger partial charge < -0.3 is 10.6 Å². The van der Waals surface area contributed by atoms with E-state index in [1.165, 1.54) is 32.1 Å². The van der Waals surface area contributed by atoms with Crippen LogP contribution < -0.4 is 10.6 Å². The minimum Gasteiger partial charge on any atom is -0.338 e. The molecule has 1 saturated carbocycles. The highest BCUT2D eigenvalue weighted by molar-refractivity contribution is 7.84.